The summed E-state index contributed by atoms with van der Waals surface area (Å²) >= 11 is 0. The van der Waals surface area contributed by atoms with Crippen molar-refractivity contribution in [1.29, 1.82) is 0 Å². The zero-order chi connectivity index (χ0) is 32.2. The van der Waals surface area contributed by atoms with E-state index in [-0.39, 0.29) is 13.2 Å². The molecule has 0 aromatic heterocycles. The lowest BCUT2D eigenvalue weighted by Crippen LogP contribution is -2.55. The fourth-order valence-electron chi connectivity index (χ4n) is 5.04. The Morgan fingerprint density at radius 3 is 1.86 bits per heavy atom. The monoisotopic (exact) mass is 616 g/mol. The molecule has 0 radical (unpaired) electrons. The quantitative estimate of drug-likeness (QED) is 0.218. The van der Waals surface area contributed by atoms with Crippen molar-refractivity contribution in [1.82, 2.24) is 31.1 Å². The largest absolute Gasteiger partial charge is 0.467 e. The average Bonchev–Trinajstić information content (AvgIpc) is 3.72. The van der Waals surface area contributed by atoms with Crippen molar-refractivity contribution >= 4 is 41.6 Å². The van der Waals surface area contributed by atoms with E-state index >= 15 is 0 Å². The first-order valence-corrected chi connectivity index (χ1v) is 14.5. The molecule has 4 atom stereocenters. The maximum Gasteiger partial charge on any atom is 0.407 e. The number of hydrogen-bond donors (Lipinski definition) is 4. The molecule has 2 heterocycles. The van der Waals surface area contributed by atoms with Crippen LogP contribution in [0.1, 0.15) is 45.1 Å². The molecule has 240 valence electrons. The van der Waals surface area contributed by atoms with E-state index in [1.165, 1.54) is 30.8 Å². The Bertz CT molecular complexity index is 1230. The van der Waals surface area contributed by atoms with E-state index in [4.69, 9.17) is 4.74 Å². The molecule has 1 aromatic carbocycles. The van der Waals surface area contributed by atoms with Crippen molar-refractivity contribution in [3.63, 3.8) is 0 Å². The highest BCUT2D eigenvalue weighted by Gasteiger charge is 2.37. The Hall–Kier alpha value is -4.69. The number of nitrogens with zero attached hydrogens (tertiary/aromatic N) is 2. The van der Waals surface area contributed by atoms with Crippen LogP contribution in [0.4, 0.5) is 4.79 Å². The van der Waals surface area contributed by atoms with Crippen LogP contribution in [0.15, 0.2) is 30.3 Å². The summed E-state index contributed by atoms with van der Waals surface area (Å²) in [6, 6.07) is 5.56. The molecule has 44 heavy (non-hydrogen) atoms. The van der Waals surface area contributed by atoms with Gasteiger partial charge < -0.3 is 40.5 Å². The minimum atomic E-state index is -1.02. The maximum absolute atomic E-state index is 12.9. The van der Waals surface area contributed by atoms with Gasteiger partial charge in [0.05, 0.1) is 13.7 Å². The van der Waals surface area contributed by atoms with Gasteiger partial charge in [-0.2, -0.15) is 0 Å². The second-order valence-corrected chi connectivity index (χ2v) is 10.6. The summed E-state index contributed by atoms with van der Waals surface area (Å²) in [5.41, 5.74) is 0.794. The van der Waals surface area contributed by atoms with Crippen LogP contribution >= 0.6 is 0 Å². The molecule has 0 aliphatic carbocycles. The molecule has 2 saturated heterocycles. The summed E-state index contributed by atoms with van der Waals surface area (Å²) in [6.07, 6.45) is 1.18. The molecule has 1 aromatic rings. The maximum atomic E-state index is 12.9. The van der Waals surface area contributed by atoms with Crippen molar-refractivity contribution in [3.8, 4) is 0 Å². The van der Waals surface area contributed by atoms with Crippen LogP contribution in [-0.4, -0.2) is 109 Å². The molecule has 15 heteroatoms. The predicted molar refractivity (Wildman–Crippen MR) is 154 cm³/mol. The first kappa shape index (κ1) is 33.8. The van der Waals surface area contributed by atoms with E-state index in [1.54, 1.807) is 12.1 Å². The Morgan fingerprint density at radius 2 is 1.32 bits per heavy atom. The third kappa shape index (κ3) is 9.41. The Balaban J connectivity index is 1.42. The molecule has 15 nitrogen and oxygen atoms in total. The third-order valence-corrected chi connectivity index (χ3v) is 7.43. The number of benzene rings is 1. The second kappa shape index (κ2) is 16.2. The van der Waals surface area contributed by atoms with Gasteiger partial charge in [0.15, 0.2) is 0 Å². The first-order chi connectivity index (χ1) is 21.0. The number of amides is 6. The summed E-state index contributed by atoms with van der Waals surface area (Å²) in [5.74, 6) is -3.21. The van der Waals surface area contributed by atoms with Crippen molar-refractivity contribution < 1.29 is 43.0 Å². The number of hydrogen-bond acceptors (Lipinski definition) is 9. The highest BCUT2D eigenvalue weighted by atomic mass is 16.5. The van der Waals surface area contributed by atoms with Gasteiger partial charge in [0.2, 0.25) is 29.5 Å². The fourth-order valence-corrected chi connectivity index (χ4v) is 5.04. The van der Waals surface area contributed by atoms with E-state index in [2.05, 4.69) is 26.0 Å². The van der Waals surface area contributed by atoms with Gasteiger partial charge in [-0.25, -0.2) is 9.59 Å². The molecule has 0 unspecified atom stereocenters. The lowest BCUT2D eigenvalue weighted by Gasteiger charge is -2.26. The summed E-state index contributed by atoms with van der Waals surface area (Å²) in [7, 11) is 1.21. The molecule has 0 bridgehead atoms. The van der Waals surface area contributed by atoms with E-state index in [0.29, 0.717) is 38.8 Å². The number of esters is 1. The van der Waals surface area contributed by atoms with Crippen LogP contribution in [0, 0.1) is 0 Å². The minimum Gasteiger partial charge on any atom is -0.467 e. The number of methoxy groups -OCH3 is 1. The number of carbonyl (C=O) groups is 7. The van der Waals surface area contributed by atoms with E-state index in [9.17, 15) is 33.6 Å². The number of likely N-dealkylation sites (tertiary alicyclic amines) is 2. The summed E-state index contributed by atoms with van der Waals surface area (Å²) in [4.78, 5) is 90.1. The molecule has 0 saturated carbocycles. The number of ether oxygens (including phenoxy) is 2. The van der Waals surface area contributed by atoms with Crippen LogP contribution in [0.3, 0.4) is 0 Å². The molecule has 4 N–H and O–H groups in total. The van der Waals surface area contributed by atoms with E-state index in [1.807, 2.05) is 18.2 Å². The Kier molecular flexibility index (Phi) is 12.5. The average molecular weight is 617 g/mol. The van der Waals surface area contributed by atoms with Gasteiger partial charge in [-0.15, -0.1) is 0 Å². The van der Waals surface area contributed by atoms with Crippen molar-refractivity contribution in [2.24, 2.45) is 0 Å². The van der Waals surface area contributed by atoms with Gasteiger partial charge >= 0.3 is 12.1 Å². The zero-order valence-electron chi connectivity index (χ0n) is 25.1. The van der Waals surface area contributed by atoms with Crippen molar-refractivity contribution in [2.75, 3.05) is 33.3 Å². The van der Waals surface area contributed by atoms with Crippen LogP contribution in [0.25, 0.3) is 0 Å². The van der Waals surface area contributed by atoms with Crippen molar-refractivity contribution in [2.45, 2.75) is 70.3 Å². The molecular formula is C29H40N6O9. The fraction of sp³-hybridized carbons (Fsp3) is 0.552. The minimum absolute atomic E-state index is 0.0471. The number of carbonyl (C=O) groups excluding carboxylic acids is 7. The zero-order valence-corrected chi connectivity index (χ0v) is 25.1. The van der Waals surface area contributed by atoms with Gasteiger partial charge in [-0.3, -0.25) is 24.0 Å². The molecule has 0 spiro atoms. The standard InChI is InChI=1S/C29H40N6O9/c1-18(25(38)30-15-23(36)34-13-8-12-22(34)27(40)33-19(2)28(41)43-3)32-26(39)21-11-7-14-35(21)24(37)16-31-29(42)44-17-20-9-5-4-6-10-20/h4-6,9-10,18-19,21-22H,7-8,11-17H2,1-3H3,(H,30,38)(H,31,42)(H,32,39)(H,33,40)/t18-,19-,21-,22-/m0/s1. The predicted octanol–water partition coefficient (Wildman–Crippen LogP) is -0.807. The van der Waals surface area contributed by atoms with Gasteiger partial charge in [0, 0.05) is 13.1 Å². The lowest BCUT2D eigenvalue weighted by atomic mass is 10.2. The van der Waals surface area contributed by atoms with Gasteiger partial charge in [0.1, 0.15) is 37.3 Å². The van der Waals surface area contributed by atoms with Crippen LogP contribution in [-0.2, 0) is 44.8 Å². The van der Waals surface area contributed by atoms with Gasteiger partial charge in [-0.05, 0) is 45.1 Å². The Morgan fingerprint density at radius 1 is 0.795 bits per heavy atom. The van der Waals surface area contributed by atoms with Gasteiger partial charge in [-0.1, -0.05) is 30.3 Å². The summed E-state index contributed by atoms with van der Waals surface area (Å²) < 4.78 is 9.71. The van der Waals surface area contributed by atoms with Crippen LogP contribution in [0.5, 0.6) is 0 Å². The Labute approximate surface area is 255 Å². The molecule has 6 amide bonds. The normalized spacial score (nSPS) is 18.9. The van der Waals surface area contributed by atoms with E-state index in [0.717, 1.165) is 5.56 Å². The van der Waals surface area contributed by atoms with Crippen LogP contribution < -0.4 is 21.3 Å². The number of rotatable bonds is 12. The SMILES string of the molecule is COC(=O)[C@H](C)NC(=O)[C@@H]1CCCN1C(=O)CNC(=O)[C@H](C)NC(=O)[C@@H]1CCCN1C(=O)CNC(=O)OCc1ccccc1. The molecule has 2 aliphatic heterocycles. The van der Waals surface area contributed by atoms with Gasteiger partial charge in [0.25, 0.3) is 0 Å². The number of nitrogens with one attached hydrogen (secondary N) is 4. The van der Waals surface area contributed by atoms with E-state index < -0.39 is 72.3 Å². The third-order valence-electron chi connectivity index (χ3n) is 7.43. The molecule has 3 rings (SSSR count). The molecular weight excluding hydrogens is 576 g/mol. The first-order valence-electron chi connectivity index (χ1n) is 14.5. The second-order valence-electron chi connectivity index (χ2n) is 10.6. The topological polar surface area (TPSA) is 193 Å². The lowest BCUT2D eigenvalue weighted by molar-refractivity contribution is -0.146. The number of alkyl carbamates (subject to hydrolysis) is 1. The van der Waals surface area contributed by atoms with Crippen molar-refractivity contribution in [3.05, 3.63) is 35.9 Å². The summed E-state index contributed by atoms with van der Waals surface area (Å²) in [6.45, 7) is 2.85. The highest BCUT2D eigenvalue weighted by molar-refractivity contribution is 5.95. The summed E-state index contributed by atoms with van der Waals surface area (Å²) in [5, 5.41) is 9.98. The molecule has 2 aliphatic rings. The smallest absolute Gasteiger partial charge is 0.407 e. The van der Waals surface area contributed by atoms with Crippen LogP contribution in [0.2, 0.25) is 0 Å². The highest BCUT2D eigenvalue weighted by Crippen LogP contribution is 2.19. The molecule has 2 fully saturated rings.